The molecule has 0 atom stereocenters. The molecule has 2 aromatic rings. The third-order valence-corrected chi connectivity index (χ3v) is 2.89. The summed E-state index contributed by atoms with van der Waals surface area (Å²) < 4.78 is 10.4. The van der Waals surface area contributed by atoms with Crippen molar-refractivity contribution in [3.8, 4) is 11.5 Å². The first-order valence-electron chi connectivity index (χ1n) is 5.41. The number of fused-ring (bicyclic) bond motifs is 1. The Bertz CT molecular complexity index is 625. The Labute approximate surface area is 98.4 Å². The minimum Gasteiger partial charge on any atom is -0.508 e. The SMILES string of the molecule is CCc1c(C)c(=O)oc2cc(O)cc(OC)c12. The number of hydrogen-bond acceptors (Lipinski definition) is 4. The third kappa shape index (κ3) is 1.75. The van der Waals surface area contributed by atoms with Gasteiger partial charge in [-0.2, -0.15) is 0 Å². The Morgan fingerprint density at radius 3 is 2.71 bits per heavy atom. The average molecular weight is 234 g/mol. The molecule has 0 fully saturated rings. The molecule has 0 unspecified atom stereocenters. The minimum absolute atomic E-state index is 0.0170. The number of phenolic OH excluding ortho intramolecular Hbond substituents is 1. The lowest BCUT2D eigenvalue weighted by Gasteiger charge is -2.11. The second-order valence-electron chi connectivity index (χ2n) is 3.87. The summed E-state index contributed by atoms with van der Waals surface area (Å²) in [5, 5.41) is 10.3. The fourth-order valence-electron chi connectivity index (χ4n) is 2.04. The highest BCUT2D eigenvalue weighted by molar-refractivity contribution is 5.89. The number of ether oxygens (including phenoxy) is 1. The normalized spacial score (nSPS) is 10.8. The Balaban J connectivity index is 3.00. The van der Waals surface area contributed by atoms with E-state index >= 15 is 0 Å². The maximum atomic E-state index is 11.6. The topological polar surface area (TPSA) is 59.7 Å². The summed E-state index contributed by atoms with van der Waals surface area (Å²) in [4.78, 5) is 11.6. The van der Waals surface area contributed by atoms with E-state index in [1.54, 1.807) is 6.92 Å². The standard InChI is InChI=1S/C13H14O4/c1-4-9-7(2)13(15)17-11-6-8(14)5-10(16-3)12(9)11/h5-6,14H,4H2,1-3H3. The number of phenols is 1. The molecule has 1 aromatic carbocycles. The van der Waals surface area contributed by atoms with Gasteiger partial charge in [0.2, 0.25) is 0 Å². The molecule has 4 nitrogen and oxygen atoms in total. The number of aromatic hydroxyl groups is 1. The van der Waals surface area contributed by atoms with Crippen LogP contribution in [-0.2, 0) is 6.42 Å². The van der Waals surface area contributed by atoms with Crippen LogP contribution in [0.1, 0.15) is 18.1 Å². The third-order valence-electron chi connectivity index (χ3n) is 2.89. The first-order chi connectivity index (χ1) is 8.08. The van der Waals surface area contributed by atoms with Gasteiger partial charge in [0.25, 0.3) is 0 Å². The smallest absolute Gasteiger partial charge is 0.339 e. The van der Waals surface area contributed by atoms with Crippen molar-refractivity contribution in [2.75, 3.05) is 7.11 Å². The average Bonchev–Trinajstić information content (AvgIpc) is 2.30. The number of rotatable bonds is 2. The molecule has 0 bridgehead atoms. The second-order valence-corrected chi connectivity index (χ2v) is 3.87. The van der Waals surface area contributed by atoms with Crippen LogP contribution in [0.4, 0.5) is 0 Å². The van der Waals surface area contributed by atoms with E-state index in [0.29, 0.717) is 23.3 Å². The van der Waals surface area contributed by atoms with Crippen molar-refractivity contribution >= 4 is 11.0 Å². The van der Waals surface area contributed by atoms with Crippen molar-refractivity contribution in [2.24, 2.45) is 0 Å². The van der Waals surface area contributed by atoms with E-state index in [9.17, 15) is 9.90 Å². The molecular weight excluding hydrogens is 220 g/mol. The van der Waals surface area contributed by atoms with Gasteiger partial charge >= 0.3 is 5.63 Å². The molecule has 0 aliphatic rings. The van der Waals surface area contributed by atoms with Crippen LogP contribution in [0, 0.1) is 6.92 Å². The van der Waals surface area contributed by atoms with Crippen LogP contribution in [0.2, 0.25) is 0 Å². The van der Waals surface area contributed by atoms with Gasteiger partial charge in [0.1, 0.15) is 17.1 Å². The molecule has 0 saturated carbocycles. The summed E-state index contributed by atoms with van der Waals surface area (Å²) in [6.45, 7) is 3.70. The summed E-state index contributed by atoms with van der Waals surface area (Å²) >= 11 is 0. The molecule has 4 heteroatoms. The van der Waals surface area contributed by atoms with Gasteiger partial charge in [0, 0.05) is 17.7 Å². The largest absolute Gasteiger partial charge is 0.508 e. The van der Waals surface area contributed by atoms with Crippen LogP contribution in [-0.4, -0.2) is 12.2 Å². The maximum absolute atomic E-state index is 11.6. The minimum atomic E-state index is -0.373. The van der Waals surface area contributed by atoms with Crippen molar-refractivity contribution in [2.45, 2.75) is 20.3 Å². The van der Waals surface area contributed by atoms with E-state index in [4.69, 9.17) is 9.15 Å². The molecular formula is C13H14O4. The maximum Gasteiger partial charge on any atom is 0.339 e. The lowest BCUT2D eigenvalue weighted by molar-refractivity contribution is 0.410. The molecule has 1 aromatic heterocycles. The zero-order valence-electron chi connectivity index (χ0n) is 10.0. The van der Waals surface area contributed by atoms with Gasteiger partial charge in [-0.25, -0.2) is 4.79 Å². The molecule has 0 spiro atoms. The highest BCUT2D eigenvalue weighted by Gasteiger charge is 2.15. The molecule has 1 heterocycles. The number of hydrogen-bond donors (Lipinski definition) is 1. The van der Waals surface area contributed by atoms with E-state index in [2.05, 4.69) is 0 Å². The van der Waals surface area contributed by atoms with Crippen LogP contribution in [0.3, 0.4) is 0 Å². The molecule has 2 rings (SSSR count). The van der Waals surface area contributed by atoms with E-state index in [1.165, 1.54) is 19.2 Å². The van der Waals surface area contributed by atoms with E-state index in [1.807, 2.05) is 6.92 Å². The van der Waals surface area contributed by atoms with Crippen LogP contribution >= 0.6 is 0 Å². The number of methoxy groups -OCH3 is 1. The first-order valence-corrected chi connectivity index (χ1v) is 5.41. The first kappa shape index (κ1) is 11.5. The molecule has 0 aliphatic heterocycles. The summed E-state index contributed by atoms with van der Waals surface area (Å²) in [7, 11) is 1.52. The zero-order valence-corrected chi connectivity index (χ0v) is 10.0. The van der Waals surface area contributed by atoms with Crippen molar-refractivity contribution in [3.63, 3.8) is 0 Å². The van der Waals surface area contributed by atoms with Gasteiger partial charge < -0.3 is 14.3 Å². The van der Waals surface area contributed by atoms with Crippen molar-refractivity contribution in [1.29, 1.82) is 0 Å². The van der Waals surface area contributed by atoms with E-state index < -0.39 is 0 Å². The summed E-state index contributed by atoms with van der Waals surface area (Å²) in [5.74, 6) is 0.534. The predicted molar refractivity (Wildman–Crippen MR) is 64.8 cm³/mol. The summed E-state index contributed by atoms with van der Waals surface area (Å²) in [6.07, 6.45) is 0.703. The van der Waals surface area contributed by atoms with E-state index in [0.717, 1.165) is 10.9 Å². The molecule has 0 saturated heterocycles. The van der Waals surface area contributed by atoms with Crippen LogP contribution in [0.5, 0.6) is 11.5 Å². The lowest BCUT2D eigenvalue weighted by Crippen LogP contribution is -2.08. The predicted octanol–water partition coefficient (Wildman–Crippen LogP) is 2.38. The summed E-state index contributed by atoms with van der Waals surface area (Å²) in [6, 6.07) is 2.94. The summed E-state index contributed by atoms with van der Waals surface area (Å²) in [5.41, 5.74) is 1.47. The quantitative estimate of drug-likeness (QED) is 0.810. The Kier molecular flexibility index (Phi) is 2.79. The molecule has 0 aliphatic carbocycles. The second kappa shape index (κ2) is 4.13. The fraction of sp³-hybridized carbons (Fsp3) is 0.308. The van der Waals surface area contributed by atoms with Gasteiger partial charge in [0.15, 0.2) is 0 Å². The highest BCUT2D eigenvalue weighted by atomic mass is 16.5. The van der Waals surface area contributed by atoms with Gasteiger partial charge in [0.05, 0.1) is 12.5 Å². The monoisotopic (exact) mass is 234 g/mol. The van der Waals surface area contributed by atoms with Crippen LogP contribution in [0.15, 0.2) is 21.3 Å². The Morgan fingerprint density at radius 1 is 1.41 bits per heavy atom. The fourth-order valence-corrected chi connectivity index (χ4v) is 2.04. The molecule has 17 heavy (non-hydrogen) atoms. The van der Waals surface area contributed by atoms with Crippen LogP contribution < -0.4 is 10.4 Å². The lowest BCUT2D eigenvalue weighted by atomic mass is 10.0. The van der Waals surface area contributed by atoms with Gasteiger partial charge in [-0.15, -0.1) is 0 Å². The van der Waals surface area contributed by atoms with Gasteiger partial charge in [-0.1, -0.05) is 6.92 Å². The van der Waals surface area contributed by atoms with Gasteiger partial charge in [-0.3, -0.25) is 0 Å². The van der Waals surface area contributed by atoms with Crippen LogP contribution in [0.25, 0.3) is 11.0 Å². The molecule has 0 amide bonds. The zero-order chi connectivity index (χ0) is 12.6. The highest BCUT2D eigenvalue weighted by Crippen LogP contribution is 2.33. The van der Waals surface area contributed by atoms with Crippen molar-refractivity contribution in [1.82, 2.24) is 0 Å². The Morgan fingerprint density at radius 2 is 2.12 bits per heavy atom. The number of benzene rings is 1. The van der Waals surface area contributed by atoms with Crippen molar-refractivity contribution < 1.29 is 14.3 Å². The van der Waals surface area contributed by atoms with E-state index in [-0.39, 0.29) is 11.4 Å². The number of aryl methyl sites for hydroxylation is 1. The Hall–Kier alpha value is -1.97. The molecule has 1 N–H and O–H groups in total. The molecule has 0 radical (unpaired) electrons. The van der Waals surface area contributed by atoms with Gasteiger partial charge in [-0.05, 0) is 18.9 Å². The van der Waals surface area contributed by atoms with Crippen molar-refractivity contribution in [3.05, 3.63) is 33.7 Å². The molecule has 90 valence electrons.